The van der Waals surface area contributed by atoms with Crippen LogP contribution in [0.2, 0.25) is 0 Å². The Bertz CT molecular complexity index is 871. The fraction of sp³-hybridized carbons (Fsp3) is 0.615. The highest BCUT2D eigenvalue weighted by molar-refractivity contribution is 7.85. The molecule has 0 heterocycles. The van der Waals surface area contributed by atoms with Crippen molar-refractivity contribution in [3.8, 4) is 0 Å². The number of benzene rings is 2. The SMILES string of the molecule is CCCCCCCCc1cccc2c(CCCCCCCC)c(S(=O)(=O)O)ccc12. The number of rotatable bonds is 15. The Morgan fingerprint density at radius 2 is 1.23 bits per heavy atom. The van der Waals surface area contributed by atoms with E-state index in [0.29, 0.717) is 6.42 Å². The maximum absolute atomic E-state index is 12.0. The molecule has 0 unspecified atom stereocenters. The van der Waals surface area contributed by atoms with E-state index in [2.05, 4.69) is 19.9 Å². The van der Waals surface area contributed by atoms with E-state index in [4.69, 9.17) is 0 Å². The normalized spacial score (nSPS) is 12.0. The molecule has 0 aliphatic heterocycles. The molecule has 30 heavy (non-hydrogen) atoms. The molecule has 0 atom stereocenters. The lowest BCUT2D eigenvalue weighted by Crippen LogP contribution is -2.05. The second-order valence-corrected chi connectivity index (χ2v) is 9.96. The highest BCUT2D eigenvalue weighted by Gasteiger charge is 2.18. The lowest BCUT2D eigenvalue weighted by molar-refractivity contribution is 0.482. The molecule has 2 aromatic carbocycles. The summed E-state index contributed by atoms with van der Waals surface area (Å²) in [6.07, 6.45) is 16.2. The fourth-order valence-electron chi connectivity index (χ4n) is 4.36. The Balaban J connectivity index is 2.17. The second-order valence-electron chi connectivity index (χ2n) is 8.57. The first-order chi connectivity index (χ1) is 14.5. The average Bonchev–Trinajstić information content (AvgIpc) is 2.72. The number of hydrogen-bond acceptors (Lipinski definition) is 2. The van der Waals surface area contributed by atoms with Gasteiger partial charge in [-0.05, 0) is 53.6 Å². The largest absolute Gasteiger partial charge is 0.294 e. The van der Waals surface area contributed by atoms with Crippen LogP contribution in [-0.4, -0.2) is 13.0 Å². The van der Waals surface area contributed by atoms with Gasteiger partial charge in [-0.25, -0.2) is 0 Å². The molecule has 0 aliphatic rings. The maximum atomic E-state index is 12.0. The molecule has 0 bridgehead atoms. The van der Waals surface area contributed by atoms with Gasteiger partial charge >= 0.3 is 0 Å². The molecule has 2 aromatic rings. The Morgan fingerprint density at radius 1 is 0.667 bits per heavy atom. The van der Waals surface area contributed by atoms with Crippen LogP contribution in [0, 0.1) is 0 Å². The zero-order valence-corrected chi connectivity index (χ0v) is 19.8. The van der Waals surface area contributed by atoms with Gasteiger partial charge in [0.15, 0.2) is 0 Å². The first-order valence-corrected chi connectivity index (χ1v) is 13.4. The molecule has 168 valence electrons. The summed E-state index contributed by atoms with van der Waals surface area (Å²) >= 11 is 0. The Labute approximate surface area is 184 Å². The van der Waals surface area contributed by atoms with E-state index in [1.165, 1.54) is 63.4 Å². The molecule has 2 rings (SSSR count). The molecule has 0 aliphatic carbocycles. The van der Waals surface area contributed by atoms with Crippen LogP contribution >= 0.6 is 0 Å². The van der Waals surface area contributed by atoms with E-state index >= 15 is 0 Å². The van der Waals surface area contributed by atoms with Crippen LogP contribution < -0.4 is 0 Å². The Morgan fingerprint density at radius 3 is 1.83 bits per heavy atom. The summed E-state index contributed by atoms with van der Waals surface area (Å²) < 4.78 is 33.8. The van der Waals surface area contributed by atoms with E-state index in [1.54, 1.807) is 6.07 Å². The highest BCUT2D eigenvalue weighted by Crippen LogP contribution is 2.30. The van der Waals surface area contributed by atoms with Crippen molar-refractivity contribution < 1.29 is 13.0 Å². The summed E-state index contributed by atoms with van der Waals surface area (Å²) in [5.74, 6) is 0. The van der Waals surface area contributed by atoms with Crippen molar-refractivity contribution in [2.24, 2.45) is 0 Å². The van der Waals surface area contributed by atoms with Crippen molar-refractivity contribution in [2.45, 2.75) is 109 Å². The molecule has 0 amide bonds. The third kappa shape index (κ3) is 7.70. The topological polar surface area (TPSA) is 54.4 Å². The van der Waals surface area contributed by atoms with Crippen LogP contribution in [0.25, 0.3) is 10.8 Å². The van der Waals surface area contributed by atoms with Gasteiger partial charge in [-0.1, -0.05) is 102 Å². The van der Waals surface area contributed by atoms with Gasteiger partial charge < -0.3 is 0 Å². The van der Waals surface area contributed by atoms with Gasteiger partial charge in [-0.15, -0.1) is 0 Å². The summed E-state index contributed by atoms with van der Waals surface area (Å²) in [6.45, 7) is 4.44. The van der Waals surface area contributed by atoms with E-state index in [0.717, 1.165) is 42.0 Å². The predicted molar refractivity (Wildman–Crippen MR) is 128 cm³/mol. The number of unbranched alkanes of at least 4 members (excludes halogenated alkanes) is 10. The Kier molecular flexibility index (Phi) is 10.9. The minimum Gasteiger partial charge on any atom is -0.282 e. The molecule has 4 heteroatoms. The van der Waals surface area contributed by atoms with Crippen LogP contribution in [0.5, 0.6) is 0 Å². The third-order valence-corrected chi connectivity index (χ3v) is 7.02. The molecule has 0 saturated heterocycles. The van der Waals surface area contributed by atoms with Crippen molar-refractivity contribution in [1.82, 2.24) is 0 Å². The monoisotopic (exact) mass is 432 g/mol. The van der Waals surface area contributed by atoms with Crippen LogP contribution in [0.4, 0.5) is 0 Å². The molecule has 0 radical (unpaired) electrons. The predicted octanol–water partition coefficient (Wildman–Crippen LogP) is 7.89. The van der Waals surface area contributed by atoms with Crippen molar-refractivity contribution >= 4 is 20.9 Å². The maximum Gasteiger partial charge on any atom is 0.294 e. The summed E-state index contributed by atoms with van der Waals surface area (Å²) in [7, 11) is -4.22. The highest BCUT2D eigenvalue weighted by atomic mass is 32.2. The van der Waals surface area contributed by atoms with E-state index in [9.17, 15) is 13.0 Å². The third-order valence-electron chi connectivity index (χ3n) is 6.08. The molecule has 0 saturated carbocycles. The van der Waals surface area contributed by atoms with Crippen LogP contribution in [0.1, 0.15) is 102 Å². The zero-order valence-electron chi connectivity index (χ0n) is 19.0. The van der Waals surface area contributed by atoms with Crippen molar-refractivity contribution in [3.63, 3.8) is 0 Å². The number of aryl methyl sites for hydroxylation is 2. The average molecular weight is 433 g/mol. The molecule has 0 fully saturated rings. The minimum atomic E-state index is -4.22. The van der Waals surface area contributed by atoms with Crippen LogP contribution in [0.15, 0.2) is 35.2 Å². The summed E-state index contributed by atoms with van der Waals surface area (Å²) in [5.41, 5.74) is 2.07. The van der Waals surface area contributed by atoms with E-state index in [1.807, 2.05) is 18.2 Å². The molecular formula is C26H40O3S. The van der Waals surface area contributed by atoms with Crippen LogP contribution in [0.3, 0.4) is 0 Å². The molecule has 3 nitrogen and oxygen atoms in total. The van der Waals surface area contributed by atoms with Crippen LogP contribution in [-0.2, 0) is 23.0 Å². The van der Waals surface area contributed by atoms with Gasteiger partial charge in [0, 0.05) is 0 Å². The van der Waals surface area contributed by atoms with E-state index < -0.39 is 10.1 Å². The summed E-state index contributed by atoms with van der Waals surface area (Å²) in [6, 6.07) is 9.70. The zero-order chi connectivity index (χ0) is 21.8. The van der Waals surface area contributed by atoms with Crippen molar-refractivity contribution in [1.29, 1.82) is 0 Å². The molecule has 0 aromatic heterocycles. The van der Waals surface area contributed by atoms with Gasteiger partial charge in [-0.2, -0.15) is 8.42 Å². The number of fused-ring (bicyclic) bond motifs is 1. The minimum absolute atomic E-state index is 0.0836. The standard InChI is InChI=1S/C26H40O3S/c1-3-5-7-9-11-13-16-22-17-15-19-24-23(22)20-21-26(30(27,28)29)25(24)18-14-12-10-8-6-4-2/h15,17,19-21H,3-14,16,18H2,1-2H3,(H,27,28,29). The molecule has 1 N–H and O–H groups in total. The van der Waals surface area contributed by atoms with Gasteiger partial charge in [0.05, 0.1) is 4.90 Å². The smallest absolute Gasteiger partial charge is 0.282 e. The molecular weight excluding hydrogens is 392 g/mol. The molecule has 0 spiro atoms. The Hall–Kier alpha value is -1.39. The van der Waals surface area contributed by atoms with Crippen molar-refractivity contribution in [2.75, 3.05) is 0 Å². The van der Waals surface area contributed by atoms with Gasteiger partial charge in [0.25, 0.3) is 10.1 Å². The van der Waals surface area contributed by atoms with Gasteiger partial charge in [0.1, 0.15) is 0 Å². The van der Waals surface area contributed by atoms with Crippen molar-refractivity contribution in [3.05, 3.63) is 41.5 Å². The lowest BCUT2D eigenvalue weighted by Gasteiger charge is -2.14. The number of hydrogen-bond donors (Lipinski definition) is 1. The van der Waals surface area contributed by atoms with Gasteiger partial charge in [-0.3, -0.25) is 4.55 Å². The fourth-order valence-corrected chi connectivity index (χ4v) is 5.12. The quantitative estimate of drug-likeness (QED) is 0.230. The first-order valence-electron chi connectivity index (χ1n) is 12.0. The van der Waals surface area contributed by atoms with E-state index in [-0.39, 0.29) is 4.90 Å². The second kappa shape index (κ2) is 13.1. The van der Waals surface area contributed by atoms with Gasteiger partial charge in [0.2, 0.25) is 0 Å². The first kappa shape index (κ1) is 24.9. The lowest BCUT2D eigenvalue weighted by atomic mass is 9.94. The summed E-state index contributed by atoms with van der Waals surface area (Å²) in [5, 5.41) is 2.13. The summed E-state index contributed by atoms with van der Waals surface area (Å²) in [4.78, 5) is 0.0836.